The molecule has 1 N–H and O–H groups in total. The molecule has 114 valence electrons. The largest absolute Gasteiger partial charge is 0.381 e. The zero-order chi connectivity index (χ0) is 14.4. The van der Waals surface area contributed by atoms with Crippen molar-refractivity contribution in [3.05, 3.63) is 11.7 Å². The molecule has 0 radical (unpaired) electrons. The molecule has 3 unspecified atom stereocenters. The molecular weight excluding hydrogens is 254 g/mol. The fraction of sp³-hybridized carbons (Fsp3) is 0.867. The Hall–Kier alpha value is -0.940. The first-order valence-electron chi connectivity index (χ1n) is 7.88. The maximum absolute atomic E-state index is 5.46. The third-order valence-corrected chi connectivity index (χ3v) is 4.07. The molecule has 0 aromatic carbocycles. The van der Waals surface area contributed by atoms with Crippen molar-refractivity contribution in [1.82, 2.24) is 15.5 Å². The van der Waals surface area contributed by atoms with Gasteiger partial charge in [0.1, 0.15) is 0 Å². The van der Waals surface area contributed by atoms with Crippen molar-refractivity contribution in [3.8, 4) is 0 Å². The minimum Gasteiger partial charge on any atom is -0.381 e. The molecule has 3 atom stereocenters. The maximum atomic E-state index is 5.46. The molecule has 0 saturated carbocycles. The van der Waals surface area contributed by atoms with Crippen LogP contribution < -0.4 is 5.32 Å². The van der Waals surface area contributed by atoms with Crippen LogP contribution in [0, 0.1) is 5.92 Å². The normalized spacial score (nSPS) is 22.1. The van der Waals surface area contributed by atoms with Gasteiger partial charge in [0.2, 0.25) is 5.89 Å². The van der Waals surface area contributed by atoms with Crippen molar-refractivity contribution in [2.75, 3.05) is 19.8 Å². The van der Waals surface area contributed by atoms with Crippen LogP contribution in [0.2, 0.25) is 0 Å². The van der Waals surface area contributed by atoms with Crippen LogP contribution in [0.25, 0.3) is 0 Å². The summed E-state index contributed by atoms with van der Waals surface area (Å²) in [7, 11) is 0. The molecule has 1 aliphatic rings. The first-order chi connectivity index (χ1) is 9.74. The Morgan fingerprint density at radius 3 is 2.90 bits per heavy atom. The molecule has 5 nitrogen and oxygen atoms in total. The van der Waals surface area contributed by atoms with E-state index in [0.717, 1.165) is 57.2 Å². The number of hydrogen-bond donors (Lipinski definition) is 1. The van der Waals surface area contributed by atoms with E-state index in [1.807, 2.05) is 0 Å². The van der Waals surface area contributed by atoms with Crippen LogP contribution in [0.15, 0.2) is 4.52 Å². The highest BCUT2D eigenvalue weighted by molar-refractivity contribution is 4.98. The lowest BCUT2D eigenvalue weighted by Gasteiger charge is -2.20. The molecule has 0 spiro atoms. The molecule has 0 bridgehead atoms. The predicted octanol–water partition coefficient (Wildman–Crippen LogP) is 2.53. The van der Waals surface area contributed by atoms with Gasteiger partial charge >= 0.3 is 0 Å². The van der Waals surface area contributed by atoms with Crippen LogP contribution in [0.5, 0.6) is 0 Å². The standard InChI is InChI=1S/C15H27N3O2/c1-4-7-16-13(5-2)11(3)15-17-14(18-20-15)9-12-6-8-19-10-12/h11-13,16H,4-10H2,1-3H3. The lowest BCUT2D eigenvalue weighted by Crippen LogP contribution is -2.33. The van der Waals surface area contributed by atoms with Gasteiger partial charge in [0.25, 0.3) is 0 Å². The molecule has 2 heterocycles. The quantitative estimate of drug-likeness (QED) is 0.793. The summed E-state index contributed by atoms with van der Waals surface area (Å²) in [6.07, 6.45) is 4.18. The summed E-state index contributed by atoms with van der Waals surface area (Å²) in [6.45, 7) is 9.26. The minimum absolute atomic E-state index is 0.257. The van der Waals surface area contributed by atoms with E-state index in [4.69, 9.17) is 9.26 Å². The minimum atomic E-state index is 0.257. The molecule has 2 rings (SSSR count). The van der Waals surface area contributed by atoms with Crippen LogP contribution in [0.3, 0.4) is 0 Å². The second-order valence-corrected chi connectivity index (χ2v) is 5.74. The van der Waals surface area contributed by atoms with Gasteiger partial charge in [-0.2, -0.15) is 4.98 Å². The van der Waals surface area contributed by atoms with Crippen molar-refractivity contribution < 1.29 is 9.26 Å². The highest BCUT2D eigenvalue weighted by Crippen LogP contribution is 2.22. The Morgan fingerprint density at radius 2 is 2.25 bits per heavy atom. The van der Waals surface area contributed by atoms with Crippen molar-refractivity contribution in [2.24, 2.45) is 5.92 Å². The first kappa shape index (κ1) is 15.4. The molecule has 1 aromatic rings. The first-order valence-corrected chi connectivity index (χ1v) is 7.88. The van der Waals surface area contributed by atoms with E-state index in [2.05, 4.69) is 36.2 Å². The van der Waals surface area contributed by atoms with E-state index < -0.39 is 0 Å². The summed E-state index contributed by atoms with van der Waals surface area (Å²) >= 11 is 0. The third-order valence-electron chi connectivity index (χ3n) is 4.07. The lowest BCUT2D eigenvalue weighted by atomic mass is 9.99. The smallest absolute Gasteiger partial charge is 0.231 e. The lowest BCUT2D eigenvalue weighted by molar-refractivity contribution is 0.185. The second-order valence-electron chi connectivity index (χ2n) is 5.74. The van der Waals surface area contributed by atoms with E-state index >= 15 is 0 Å². The van der Waals surface area contributed by atoms with Crippen LogP contribution >= 0.6 is 0 Å². The fourth-order valence-corrected chi connectivity index (χ4v) is 2.71. The zero-order valence-corrected chi connectivity index (χ0v) is 12.9. The van der Waals surface area contributed by atoms with Gasteiger partial charge in [-0.05, 0) is 31.7 Å². The van der Waals surface area contributed by atoms with E-state index in [9.17, 15) is 0 Å². The van der Waals surface area contributed by atoms with Gasteiger partial charge in [-0.15, -0.1) is 0 Å². The predicted molar refractivity (Wildman–Crippen MR) is 77.7 cm³/mol. The van der Waals surface area contributed by atoms with Gasteiger partial charge in [-0.25, -0.2) is 0 Å². The summed E-state index contributed by atoms with van der Waals surface area (Å²) in [4.78, 5) is 4.58. The Balaban J connectivity index is 1.92. The van der Waals surface area contributed by atoms with Crippen molar-refractivity contribution >= 4 is 0 Å². The Bertz CT molecular complexity index is 388. The monoisotopic (exact) mass is 281 g/mol. The van der Waals surface area contributed by atoms with Gasteiger partial charge in [0, 0.05) is 25.7 Å². The number of hydrogen-bond acceptors (Lipinski definition) is 5. The van der Waals surface area contributed by atoms with Crippen LogP contribution in [0.4, 0.5) is 0 Å². The highest BCUT2D eigenvalue weighted by atomic mass is 16.5. The average molecular weight is 281 g/mol. The summed E-state index contributed by atoms with van der Waals surface area (Å²) in [5, 5.41) is 7.68. The third kappa shape index (κ3) is 4.03. The van der Waals surface area contributed by atoms with Crippen molar-refractivity contribution in [1.29, 1.82) is 0 Å². The number of rotatable bonds is 8. The topological polar surface area (TPSA) is 60.2 Å². The second kappa shape index (κ2) is 7.74. The Labute approximate surface area is 121 Å². The van der Waals surface area contributed by atoms with Crippen LogP contribution in [-0.4, -0.2) is 35.9 Å². The van der Waals surface area contributed by atoms with E-state index in [-0.39, 0.29) is 5.92 Å². The molecule has 0 amide bonds. The van der Waals surface area contributed by atoms with Crippen LogP contribution in [-0.2, 0) is 11.2 Å². The Kier molecular flexibility index (Phi) is 5.98. The van der Waals surface area contributed by atoms with Gasteiger partial charge in [-0.1, -0.05) is 25.9 Å². The molecule has 5 heteroatoms. The fourth-order valence-electron chi connectivity index (χ4n) is 2.71. The van der Waals surface area contributed by atoms with Crippen molar-refractivity contribution in [3.63, 3.8) is 0 Å². The zero-order valence-electron chi connectivity index (χ0n) is 12.9. The molecule has 1 aromatic heterocycles. The summed E-state index contributed by atoms with van der Waals surface area (Å²) in [6, 6.07) is 0.401. The summed E-state index contributed by atoms with van der Waals surface area (Å²) < 4.78 is 10.8. The maximum Gasteiger partial charge on any atom is 0.231 e. The van der Waals surface area contributed by atoms with E-state index in [1.165, 1.54) is 0 Å². The molecule has 1 aliphatic heterocycles. The molecule has 0 aliphatic carbocycles. The summed E-state index contributed by atoms with van der Waals surface area (Å²) in [5.41, 5.74) is 0. The summed E-state index contributed by atoms with van der Waals surface area (Å²) in [5.74, 6) is 2.39. The Morgan fingerprint density at radius 1 is 1.40 bits per heavy atom. The number of nitrogens with one attached hydrogen (secondary N) is 1. The average Bonchev–Trinajstić information content (AvgIpc) is 3.11. The van der Waals surface area contributed by atoms with Gasteiger partial charge in [0.05, 0.1) is 5.92 Å². The number of ether oxygens (including phenoxy) is 1. The van der Waals surface area contributed by atoms with Crippen LogP contribution in [0.1, 0.15) is 57.7 Å². The van der Waals surface area contributed by atoms with Gasteiger partial charge in [0.15, 0.2) is 5.82 Å². The van der Waals surface area contributed by atoms with Crippen molar-refractivity contribution in [2.45, 2.75) is 58.4 Å². The highest BCUT2D eigenvalue weighted by Gasteiger charge is 2.24. The van der Waals surface area contributed by atoms with E-state index in [0.29, 0.717) is 12.0 Å². The SMILES string of the molecule is CCCNC(CC)C(C)c1nc(CC2CCOC2)no1. The number of nitrogens with zero attached hydrogens (tertiary/aromatic N) is 2. The molecular formula is C15H27N3O2. The van der Waals surface area contributed by atoms with E-state index in [1.54, 1.807) is 0 Å². The van der Waals surface area contributed by atoms with Gasteiger partial charge in [-0.3, -0.25) is 0 Å². The molecule has 1 fully saturated rings. The molecule has 20 heavy (non-hydrogen) atoms. The number of aromatic nitrogens is 2. The van der Waals surface area contributed by atoms with Gasteiger partial charge < -0.3 is 14.6 Å². The molecule has 1 saturated heterocycles.